The molecule has 0 saturated carbocycles. The summed E-state index contributed by atoms with van der Waals surface area (Å²) in [6.45, 7) is -0.555. The number of hydrogen-bond donors (Lipinski definition) is 5. The molecule has 0 bridgehead atoms. The standard InChI is InChI=1S/C6H14N2O4/c7-5(3(11)1-9)6(8)4(12)2-10/h1,3-6,10-12H,2,7-8H2/t3-,4+,5+,6+/m0/s1. The number of rotatable bonds is 5. The Balaban J connectivity index is 4.07. The molecule has 0 aliphatic rings. The van der Waals surface area contributed by atoms with Gasteiger partial charge in [0.05, 0.1) is 24.8 Å². The van der Waals surface area contributed by atoms with E-state index in [1.165, 1.54) is 0 Å². The molecule has 0 aromatic carbocycles. The molecule has 6 nitrogen and oxygen atoms in total. The van der Waals surface area contributed by atoms with Crippen molar-refractivity contribution in [2.24, 2.45) is 11.5 Å². The average Bonchev–Trinajstić information content (AvgIpc) is 2.12. The summed E-state index contributed by atoms with van der Waals surface area (Å²) in [6, 6.07) is -2.08. The fraction of sp³-hybridized carbons (Fsp3) is 0.833. The first kappa shape index (κ1) is 11.5. The Morgan fingerprint density at radius 2 is 1.75 bits per heavy atom. The molecule has 12 heavy (non-hydrogen) atoms. The van der Waals surface area contributed by atoms with Crippen LogP contribution in [0.1, 0.15) is 0 Å². The highest BCUT2D eigenvalue weighted by Gasteiger charge is 2.26. The van der Waals surface area contributed by atoms with Gasteiger partial charge >= 0.3 is 0 Å². The molecule has 0 rings (SSSR count). The smallest absolute Gasteiger partial charge is 0.150 e. The summed E-state index contributed by atoms with van der Waals surface area (Å²) in [7, 11) is 0. The van der Waals surface area contributed by atoms with Gasteiger partial charge < -0.3 is 31.6 Å². The molecular formula is C6H14N2O4. The van der Waals surface area contributed by atoms with Crippen molar-refractivity contribution in [1.82, 2.24) is 0 Å². The Morgan fingerprint density at radius 1 is 1.25 bits per heavy atom. The topological polar surface area (TPSA) is 130 Å². The number of carbonyl (C=O) groups is 1. The van der Waals surface area contributed by atoms with Crippen LogP contribution in [0, 0.1) is 0 Å². The van der Waals surface area contributed by atoms with Gasteiger partial charge in [-0.15, -0.1) is 0 Å². The lowest BCUT2D eigenvalue weighted by atomic mass is 10.0. The van der Waals surface area contributed by atoms with E-state index in [1.54, 1.807) is 0 Å². The Labute approximate surface area is 69.8 Å². The first-order valence-electron chi connectivity index (χ1n) is 3.48. The van der Waals surface area contributed by atoms with E-state index < -0.39 is 30.9 Å². The maximum absolute atomic E-state index is 10.0. The Bertz CT molecular complexity index is 144. The van der Waals surface area contributed by atoms with Crippen LogP contribution in [0.5, 0.6) is 0 Å². The van der Waals surface area contributed by atoms with Crippen LogP contribution >= 0.6 is 0 Å². The molecule has 0 aromatic rings. The molecule has 0 aliphatic carbocycles. The molecule has 0 amide bonds. The first-order valence-corrected chi connectivity index (χ1v) is 3.48. The van der Waals surface area contributed by atoms with Crippen LogP contribution in [0.2, 0.25) is 0 Å². The molecule has 0 fully saturated rings. The quantitative estimate of drug-likeness (QED) is 0.278. The summed E-state index contributed by atoms with van der Waals surface area (Å²) < 4.78 is 0. The van der Waals surface area contributed by atoms with Gasteiger partial charge in [-0.2, -0.15) is 0 Å². The van der Waals surface area contributed by atoms with Crippen molar-refractivity contribution in [2.75, 3.05) is 6.61 Å². The van der Waals surface area contributed by atoms with Crippen LogP contribution in [0.25, 0.3) is 0 Å². The lowest BCUT2D eigenvalue weighted by molar-refractivity contribution is -0.116. The van der Waals surface area contributed by atoms with Gasteiger partial charge in [-0.05, 0) is 0 Å². The summed E-state index contributed by atoms with van der Waals surface area (Å²) in [4.78, 5) is 10.0. The summed E-state index contributed by atoms with van der Waals surface area (Å²) >= 11 is 0. The van der Waals surface area contributed by atoms with Crippen LogP contribution in [0.4, 0.5) is 0 Å². The van der Waals surface area contributed by atoms with Crippen molar-refractivity contribution in [3.63, 3.8) is 0 Å². The molecule has 0 saturated heterocycles. The molecule has 4 atom stereocenters. The van der Waals surface area contributed by atoms with Gasteiger partial charge in [0.2, 0.25) is 0 Å². The molecule has 0 aliphatic heterocycles. The molecule has 0 aromatic heterocycles. The van der Waals surface area contributed by atoms with Gasteiger partial charge in [0.1, 0.15) is 12.4 Å². The summed E-state index contributed by atoms with van der Waals surface area (Å²) in [6.07, 6.45) is -2.41. The SMILES string of the molecule is N[C@@H]([C@H](N)[C@@H](O)C=O)[C@H](O)CO. The number of aldehydes is 1. The average molecular weight is 178 g/mol. The minimum absolute atomic E-state index is 0.231. The first-order chi connectivity index (χ1) is 5.54. The maximum atomic E-state index is 10.0. The number of carbonyl (C=O) groups excluding carboxylic acids is 1. The number of aliphatic hydroxyl groups excluding tert-OH is 3. The molecule has 7 N–H and O–H groups in total. The van der Waals surface area contributed by atoms with E-state index in [4.69, 9.17) is 26.8 Å². The molecule has 0 spiro atoms. The van der Waals surface area contributed by atoms with E-state index in [-0.39, 0.29) is 6.29 Å². The molecule has 0 radical (unpaired) electrons. The Morgan fingerprint density at radius 3 is 2.08 bits per heavy atom. The van der Waals surface area contributed by atoms with Crippen molar-refractivity contribution in [2.45, 2.75) is 24.3 Å². The third kappa shape index (κ3) is 2.84. The van der Waals surface area contributed by atoms with Crippen LogP contribution in [0.3, 0.4) is 0 Å². The predicted molar refractivity (Wildman–Crippen MR) is 41.1 cm³/mol. The maximum Gasteiger partial charge on any atom is 0.150 e. The van der Waals surface area contributed by atoms with Crippen molar-refractivity contribution in [1.29, 1.82) is 0 Å². The Hall–Kier alpha value is -0.530. The van der Waals surface area contributed by atoms with Crippen LogP contribution in [-0.4, -0.2) is 52.5 Å². The lowest BCUT2D eigenvalue weighted by Crippen LogP contribution is -2.56. The van der Waals surface area contributed by atoms with Crippen molar-refractivity contribution in [3.05, 3.63) is 0 Å². The van der Waals surface area contributed by atoms with Crippen molar-refractivity contribution >= 4 is 6.29 Å². The number of aliphatic hydroxyl groups is 3. The Kier molecular flexibility index (Phi) is 4.95. The second-order valence-electron chi connectivity index (χ2n) is 2.53. The highest BCUT2D eigenvalue weighted by Crippen LogP contribution is 1.97. The summed E-state index contributed by atoms with van der Waals surface area (Å²) in [5.41, 5.74) is 10.6. The summed E-state index contributed by atoms with van der Waals surface area (Å²) in [5.74, 6) is 0. The van der Waals surface area contributed by atoms with E-state index in [9.17, 15) is 4.79 Å². The number of nitrogens with two attached hydrogens (primary N) is 2. The van der Waals surface area contributed by atoms with E-state index in [0.717, 1.165) is 0 Å². The minimum atomic E-state index is -1.42. The zero-order chi connectivity index (χ0) is 9.72. The largest absolute Gasteiger partial charge is 0.394 e. The second-order valence-corrected chi connectivity index (χ2v) is 2.53. The number of hydrogen-bond acceptors (Lipinski definition) is 6. The summed E-state index contributed by atoms with van der Waals surface area (Å²) in [5, 5.41) is 26.3. The predicted octanol–water partition coefficient (Wildman–Crippen LogP) is -3.45. The normalized spacial score (nSPS) is 21.1. The third-order valence-electron chi connectivity index (χ3n) is 1.61. The second kappa shape index (κ2) is 5.18. The highest BCUT2D eigenvalue weighted by atomic mass is 16.3. The highest BCUT2D eigenvalue weighted by molar-refractivity contribution is 5.57. The lowest BCUT2D eigenvalue weighted by Gasteiger charge is -2.24. The van der Waals surface area contributed by atoms with Gasteiger partial charge in [0.15, 0.2) is 0 Å². The van der Waals surface area contributed by atoms with Crippen LogP contribution in [0.15, 0.2) is 0 Å². The zero-order valence-electron chi connectivity index (χ0n) is 6.50. The van der Waals surface area contributed by atoms with E-state index in [1.807, 2.05) is 0 Å². The van der Waals surface area contributed by atoms with E-state index in [0.29, 0.717) is 0 Å². The van der Waals surface area contributed by atoms with E-state index in [2.05, 4.69) is 0 Å². The third-order valence-corrected chi connectivity index (χ3v) is 1.61. The minimum Gasteiger partial charge on any atom is -0.394 e. The van der Waals surface area contributed by atoms with Gasteiger partial charge in [0.25, 0.3) is 0 Å². The van der Waals surface area contributed by atoms with Gasteiger partial charge in [0, 0.05) is 0 Å². The zero-order valence-corrected chi connectivity index (χ0v) is 6.50. The fourth-order valence-electron chi connectivity index (χ4n) is 0.697. The van der Waals surface area contributed by atoms with Crippen molar-refractivity contribution < 1.29 is 20.1 Å². The van der Waals surface area contributed by atoms with Crippen molar-refractivity contribution in [3.8, 4) is 0 Å². The fourth-order valence-corrected chi connectivity index (χ4v) is 0.697. The monoisotopic (exact) mass is 178 g/mol. The van der Waals surface area contributed by atoms with Crippen LogP contribution < -0.4 is 11.5 Å². The van der Waals surface area contributed by atoms with Crippen LogP contribution in [-0.2, 0) is 4.79 Å². The van der Waals surface area contributed by atoms with E-state index >= 15 is 0 Å². The molecule has 6 heteroatoms. The molecule has 0 heterocycles. The van der Waals surface area contributed by atoms with Gasteiger partial charge in [-0.1, -0.05) is 0 Å². The van der Waals surface area contributed by atoms with Gasteiger partial charge in [-0.25, -0.2) is 0 Å². The molecule has 72 valence electrons. The molecular weight excluding hydrogens is 164 g/mol. The van der Waals surface area contributed by atoms with Gasteiger partial charge in [-0.3, -0.25) is 0 Å². The molecule has 0 unspecified atom stereocenters.